The first-order valence-corrected chi connectivity index (χ1v) is 17.0. The molecular weight excluding hydrogens is 501 g/mol. The zero-order chi connectivity index (χ0) is 28.5. The lowest BCUT2D eigenvalue weighted by Crippen LogP contribution is -2.40. The Morgan fingerprint density at radius 1 is 0.923 bits per heavy atom. The molecule has 39 heavy (non-hydrogen) atoms. The van der Waals surface area contributed by atoms with Gasteiger partial charge in [0.15, 0.2) is 8.32 Å². The number of rotatable bonds is 9. The van der Waals surface area contributed by atoms with Crippen molar-refractivity contribution < 1.29 is 8.82 Å². The second-order valence-electron chi connectivity index (χ2n) is 12.7. The molecule has 0 saturated carbocycles. The lowest BCUT2D eigenvalue weighted by Gasteiger charge is -2.37. The van der Waals surface area contributed by atoms with Gasteiger partial charge in [0.1, 0.15) is 5.82 Å². The molecule has 0 amide bonds. The summed E-state index contributed by atoms with van der Waals surface area (Å²) in [5.41, 5.74) is 8.67. The zero-order valence-corrected chi connectivity index (χ0v) is 26.0. The van der Waals surface area contributed by atoms with Crippen molar-refractivity contribution in [2.75, 3.05) is 5.32 Å². The SMILES string of the molecule is CC(C)c1nc(C(C)C)c(CO[Si](C)(C)C(C)(C)C)c(-c2ccc(F)cc2)c1CNc1ccc2[nH]ccc2c1. The molecule has 0 spiro atoms. The van der Waals surface area contributed by atoms with Crippen molar-refractivity contribution in [2.24, 2.45) is 0 Å². The molecule has 6 heteroatoms. The predicted octanol–water partition coefficient (Wildman–Crippen LogP) is 9.75. The highest BCUT2D eigenvalue weighted by molar-refractivity contribution is 6.74. The summed E-state index contributed by atoms with van der Waals surface area (Å²) in [6.45, 7) is 21.2. The first kappa shape index (κ1) is 29.0. The molecule has 0 atom stereocenters. The van der Waals surface area contributed by atoms with Crippen LogP contribution in [-0.4, -0.2) is 18.3 Å². The summed E-state index contributed by atoms with van der Waals surface area (Å²) in [5, 5.41) is 4.93. The van der Waals surface area contributed by atoms with Gasteiger partial charge in [0, 0.05) is 51.8 Å². The molecule has 2 N–H and O–H groups in total. The van der Waals surface area contributed by atoms with E-state index in [2.05, 4.69) is 96.1 Å². The Kier molecular flexibility index (Phi) is 8.38. The number of nitrogens with zero attached hydrogens (tertiary/aromatic N) is 1. The van der Waals surface area contributed by atoms with Gasteiger partial charge in [-0.25, -0.2) is 4.39 Å². The van der Waals surface area contributed by atoms with Crippen LogP contribution in [0.25, 0.3) is 22.0 Å². The van der Waals surface area contributed by atoms with Gasteiger partial charge in [-0.15, -0.1) is 0 Å². The first-order valence-electron chi connectivity index (χ1n) is 14.0. The Balaban J connectivity index is 1.89. The number of H-pyrrole nitrogens is 1. The highest BCUT2D eigenvalue weighted by Gasteiger charge is 2.38. The van der Waals surface area contributed by atoms with Gasteiger partial charge in [0.25, 0.3) is 0 Å². The number of aromatic nitrogens is 2. The number of fused-ring (bicyclic) bond motifs is 1. The highest BCUT2D eigenvalue weighted by Crippen LogP contribution is 2.41. The molecule has 0 aliphatic rings. The molecule has 4 nitrogen and oxygen atoms in total. The van der Waals surface area contributed by atoms with Crippen molar-refractivity contribution in [3.8, 4) is 11.1 Å². The molecule has 0 bridgehead atoms. The molecule has 0 radical (unpaired) electrons. The topological polar surface area (TPSA) is 49.9 Å². The largest absolute Gasteiger partial charge is 0.412 e. The van der Waals surface area contributed by atoms with Crippen LogP contribution in [0.1, 0.15) is 82.8 Å². The average Bonchev–Trinajstić information content (AvgIpc) is 3.33. The number of pyridine rings is 1. The van der Waals surface area contributed by atoms with Gasteiger partial charge in [0.05, 0.1) is 6.61 Å². The van der Waals surface area contributed by atoms with Crippen molar-refractivity contribution in [2.45, 2.75) is 91.6 Å². The van der Waals surface area contributed by atoms with Gasteiger partial charge in [0.2, 0.25) is 0 Å². The number of anilines is 1. The molecule has 2 aromatic heterocycles. The molecule has 0 aliphatic carbocycles. The van der Waals surface area contributed by atoms with Crippen molar-refractivity contribution in [1.29, 1.82) is 0 Å². The zero-order valence-electron chi connectivity index (χ0n) is 25.0. The number of hydrogen-bond acceptors (Lipinski definition) is 3. The molecule has 0 aliphatic heterocycles. The van der Waals surface area contributed by atoms with Crippen LogP contribution in [0.3, 0.4) is 0 Å². The van der Waals surface area contributed by atoms with Crippen molar-refractivity contribution >= 4 is 24.9 Å². The highest BCUT2D eigenvalue weighted by atomic mass is 28.4. The lowest BCUT2D eigenvalue weighted by atomic mass is 9.87. The summed E-state index contributed by atoms with van der Waals surface area (Å²) in [5.74, 6) is 0.207. The maximum atomic E-state index is 14.1. The number of nitrogens with one attached hydrogen (secondary N) is 2. The van der Waals surface area contributed by atoms with E-state index in [1.54, 1.807) is 12.1 Å². The predicted molar refractivity (Wildman–Crippen MR) is 165 cm³/mol. The smallest absolute Gasteiger partial charge is 0.192 e. The van der Waals surface area contributed by atoms with E-state index in [4.69, 9.17) is 9.41 Å². The minimum absolute atomic E-state index is 0.0909. The third-order valence-electron chi connectivity index (χ3n) is 8.10. The van der Waals surface area contributed by atoms with Gasteiger partial charge in [-0.2, -0.15) is 0 Å². The molecule has 0 saturated heterocycles. The Morgan fingerprint density at radius 2 is 1.56 bits per heavy atom. The Hall–Kier alpha value is -2.96. The standard InChI is InChI=1S/C33H44FN3OSi/c1-21(2)31-27(19-36-26-14-15-29-24(18-26)16-17-35-29)30(23-10-12-25(34)13-11-23)28(32(37-31)22(3)4)20-38-39(8,9)33(5,6)7/h10-18,21-22,35-36H,19-20H2,1-9H3. The molecule has 4 aromatic rings. The minimum Gasteiger partial charge on any atom is -0.412 e. The monoisotopic (exact) mass is 545 g/mol. The molecule has 208 valence electrons. The van der Waals surface area contributed by atoms with E-state index in [0.29, 0.717) is 13.2 Å². The van der Waals surface area contributed by atoms with Crippen LogP contribution in [0.4, 0.5) is 10.1 Å². The van der Waals surface area contributed by atoms with Crippen LogP contribution in [0.15, 0.2) is 54.7 Å². The number of benzene rings is 2. The van der Waals surface area contributed by atoms with Gasteiger partial charge in [-0.05, 0) is 77.5 Å². The van der Waals surface area contributed by atoms with E-state index < -0.39 is 8.32 Å². The molecule has 4 rings (SSSR count). The summed E-state index contributed by atoms with van der Waals surface area (Å²) in [6, 6.07) is 15.3. The minimum atomic E-state index is -2.03. The van der Waals surface area contributed by atoms with Gasteiger partial charge >= 0.3 is 0 Å². The maximum absolute atomic E-state index is 14.1. The van der Waals surface area contributed by atoms with Crippen LogP contribution in [0.5, 0.6) is 0 Å². The van der Waals surface area contributed by atoms with Crippen LogP contribution in [-0.2, 0) is 17.6 Å². The third kappa shape index (κ3) is 6.28. The Labute approximate surface area is 234 Å². The fourth-order valence-corrected chi connectivity index (χ4v) is 5.71. The van der Waals surface area contributed by atoms with Crippen molar-refractivity contribution in [3.05, 3.63) is 83.1 Å². The fourth-order valence-electron chi connectivity index (χ4n) is 4.77. The molecule has 2 heterocycles. The summed E-state index contributed by atoms with van der Waals surface area (Å²) in [7, 11) is -2.03. The van der Waals surface area contributed by atoms with E-state index in [-0.39, 0.29) is 22.7 Å². The number of hydrogen-bond donors (Lipinski definition) is 2. The van der Waals surface area contributed by atoms with Crippen LogP contribution < -0.4 is 5.32 Å². The van der Waals surface area contributed by atoms with E-state index in [1.807, 2.05) is 18.3 Å². The number of aromatic amines is 1. The number of halogens is 1. The summed E-state index contributed by atoms with van der Waals surface area (Å²) >= 11 is 0. The second-order valence-corrected chi connectivity index (χ2v) is 17.5. The second kappa shape index (κ2) is 11.3. The van der Waals surface area contributed by atoms with Gasteiger partial charge in [-0.1, -0.05) is 60.6 Å². The molecule has 2 aromatic carbocycles. The van der Waals surface area contributed by atoms with E-state index in [9.17, 15) is 4.39 Å². The summed E-state index contributed by atoms with van der Waals surface area (Å²) < 4.78 is 20.9. The molecule has 0 unspecified atom stereocenters. The van der Waals surface area contributed by atoms with E-state index >= 15 is 0 Å². The van der Waals surface area contributed by atoms with Gasteiger partial charge in [-0.3, -0.25) is 4.98 Å². The Morgan fingerprint density at radius 3 is 2.18 bits per heavy atom. The fraction of sp³-hybridized carbons (Fsp3) is 0.424. The quantitative estimate of drug-likeness (QED) is 0.206. The molecule has 0 fully saturated rings. The van der Waals surface area contributed by atoms with E-state index in [1.165, 1.54) is 5.39 Å². The Bertz CT molecular complexity index is 1430. The normalized spacial score (nSPS) is 12.6. The molecular formula is C33H44FN3OSi. The van der Waals surface area contributed by atoms with Gasteiger partial charge < -0.3 is 14.7 Å². The summed E-state index contributed by atoms with van der Waals surface area (Å²) in [4.78, 5) is 8.57. The van der Waals surface area contributed by atoms with Crippen molar-refractivity contribution in [1.82, 2.24) is 9.97 Å². The van der Waals surface area contributed by atoms with Crippen LogP contribution >= 0.6 is 0 Å². The van der Waals surface area contributed by atoms with Crippen LogP contribution in [0.2, 0.25) is 18.1 Å². The van der Waals surface area contributed by atoms with E-state index in [0.717, 1.165) is 44.8 Å². The average molecular weight is 546 g/mol. The first-order chi connectivity index (χ1) is 18.3. The third-order valence-corrected chi connectivity index (χ3v) is 12.6. The maximum Gasteiger partial charge on any atom is 0.192 e. The summed E-state index contributed by atoms with van der Waals surface area (Å²) in [6.07, 6.45) is 1.96. The van der Waals surface area contributed by atoms with Crippen LogP contribution in [0, 0.1) is 5.82 Å². The van der Waals surface area contributed by atoms with Crippen molar-refractivity contribution in [3.63, 3.8) is 0 Å². The lowest BCUT2D eigenvalue weighted by molar-refractivity contribution is 0.274.